The summed E-state index contributed by atoms with van der Waals surface area (Å²) in [4.78, 5) is 25.7. The average Bonchev–Trinajstić information content (AvgIpc) is 3.02. The van der Waals surface area contributed by atoms with Gasteiger partial charge >= 0.3 is 0 Å². The molecule has 2 amide bonds. The molecule has 2 fully saturated rings. The summed E-state index contributed by atoms with van der Waals surface area (Å²) in [7, 11) is 0. The van der Waals surface area contributed by atoms with Crippen molar-refractivity contribution in [1.29, 1.82) is 0 Å². The van der Waals surface area contributed by atoms with Crippen LogP contribution in [0.4, 0.5) is 0 Å². The number of piperidine rings is 1. The van der Waals surface area contributed by atoms with Crippen molar-refractivity contribution in [3.05, 3.63) is 30.5 Å². The Kier molecular flexibility index (Phi) is 3.72. The number of nitrogens with zero attached hydrogens (tertiary/aromatic N) is 3. The summed E-state index contributed by atoms with van der Waals surface area (Å²) in [6, 6.07) is 7.87. The number of para-hydroxylation sites is 1. The Hall–Kier alpha value is -2.41. The predicted octanol–water partition coefficient (Wildman–Crippen LogP) is 0.544. The number of rotatable bonds is 2. The van der Waals surface area contributed by atoms with E-state index in [-0.39, 0.29) is 30.6 Å². The van der Waals surface area contributed by atoms with E-state index in [1.165, 1.54) is 0 Å². The van der Waals surface area contributed by atoms with Gasteiger partial charge < -0.3 is 15.0 Å². The van der Waals surface area contributed by atoms with Crippen molar-refractivity contribution in [2.45, 2.75) is 25.0 Å². The number of nitrogens with one attached hydrogen (secondary N) is 1. The normalized spacial score (nSPS) is 20.3. The Morgan fingerprint density at radius 2 is 2.08 bits per heavy atom. The van der Waals surface area contributed by atoms with Crippen molar-refractivity contribution in [3.8, 4) is 0 Å². The van der Waals surface area contributed by atoms with Crippen molar-refractivity contribution in [3.63, 3.8) is 0 Å². The molecule has 126 valence electrons. The highest BCUT2D eigenvalue weighted by molar-refractivity contribution is 5.82. The molecule has 2 saturated heterocycles. The third-order valence-corrected chi connectivity index (χ3v) is 4.98. The highest BCUT2D eigenvalue weighted by Gasteiger charge is 2.39. The van der Waals surface area contributed by atoms with Crippen LogP contribution < -0.4 is 5.32 Å². The number of aromatic nitrogens is 2. The van der Waals surface area contributed by atoms with E-state index in [2.05, 4.69) is 10.4 Å². The zero-order valence-electron chi connectivity index (χ0n) is 13.4. The number of carbonyl (C=O) groups is 2. The molecule has 0 unspecified atom stereocenters. The maximum atomic E-state index is 12.6. The highest BCUT2D eigenvalue weighted by atomic mass is 16.5. The van der Waals surface area contributed by atoms with Crippen LogP contribution in [0.3, 0.4) is 0 Å². The summed E-state index contributed by atoms with van der Waals surface area (Å²) < 4.78 is 7.49. The number of carbonyl (C=O) groups excluding carboxylic acids is 2. The van der Waals surface area contributed by atoms with E-state index in [9.17, 15) is 9.59 Å². The number of ether oxygens (including phenoxy) is 1. The van der Waals surface area contributed by atoms with Crippen molar-refractivity contribution in [2.24, 2.45) is 0 Å². The van der Waals surface area contributed by atoms with Crippen molar-refractivity contribution in [1.82, 2.24) is 20.0 Å². The van der Waals surface area contributed by atoms with Gasteiger partial charge in [-0.05, 0) is 18.9 Å². The Morgan fingerprint density at radius 1 is 1.29 bits per heavy atom. The summed E-state index contributed by atoms with van der Waals surface area (Å²) in [6.07, 6.45) is 3.28. The van der Waals surface area contributed by atoms with Gasteiger partial charge in [0.15, 0.2) is 0 Å². The van der Waals surface area contributed by atoms with Crippen LogP contribution in [-0.2, 0) is 20.9 Å². The van der Waals surface area contributed by atoms with Crippen molar-refractivity contribution < 1.29 is 14.3 Å². The van der Waals surface area contributed by atoms with Gasteiger partial charge in [-0.15, -0.1) is 0 Å². The van der Waals surface area contributed by atoms with Crippen LogP contribution >= 0.6 is 0 Å². The summed E-state index contributed by atoms with van der Waals surface area (Å²) in [5, 5.41) is 8.22. The molecule has 4 rings (SSSR count). The molecule has 0 aliphatic carbocycles. The van der Waals surface area contributed by atoms with Crippen LogP contribution in [-0.4, -0.2) is 58.3 Å². The number of hydrogen-bond acceptors (Lipinski definition) is 4. The Morgan fingerprint density at radius 3 is 2.83 bits per heavy atom. The molecule has 2 aromatic rings. The lowest BCUT2D eigenvalue weighted by atomic mass is 9.90. The van der Waals surface area contributed by atoms with Gasteiger partial charge in [-0.2, -0.15) is 5.10 Å². The van der Waals surface area contributed by atoms with Gasteiger partial charge in [-0.25, -0.2) is 0 Å². The molecule has 1 aromatic carbocycles. The lowest BCUT2D eigenvalue weighted by Gasteiger charge is -2.43. The average molecular weight is 328 g/mol. The predicted molar refractivity (Wildman–Crippen MR) is 87.2 cm³/mol. The van der Waals surface area contributed by atoms with Gasteiger partial charge in [0.1, 0.15) is 13.2 Å². The number of benzene rings is 1. The highest BCUT2D eigenvalue weighted by Crippen LogP contribution is 2.27. The van der Waals surface area contributed by atoms with Gasteiger partial charge in [-0.3, -0.25) is 14.3 Å². The summed E-state index contributed by atoms with van der Waals surface area (Å²) >= 11 is 0. The van der Waals surface area contributed by atoms with Crippen LogP contribution in [0, 0.1) is 0 Å². The summed E-state index contributed by atoms with van der Waals surface area (Å²) in [5.74, 6) is 0.00300. The molecule has 1 aromatic heterocycles. The number of morpholine rings is 1. The first-order valence-corrected chi connectivity index (χ1v) is 8.24. The van der Waals surface area contributed by atoms with E-state index in [1.807, 2.05) is 29.2 Å². The SMILES string of the molecule is O=C1COC2(CCN(C(=O)Cn3ncc4ccccc43)CC2)CN1. The van der Waals surface area contributed by atoms with E-state index in [0.29, 0.717) is 19.6 Å². The fourth-order valence-electron chi connectivity index (χ4n) is 3.45. The molecular formula is C17H20N4O3. The fourth-order valence-corrected chi connectivity index (χ4v) is 3.45. The second-order valence-corrected chi connectivity index (χ2v) is 6.49. The quantitative estimate of drug-likeness (QED) is 0.873. The summed E-state index contributed by atoms with van der Waals surface area (Å²) in [6.45, 7) is 2.20. The minimum absolute atomic E-state index is 0.0651. The molecule has 0 saturated carbocycles. The van der Waals surface area contributed by atoms with Gasteiger partial charge in [0.25, 0.3) is 0 Å². The molecule has 1 spiro atoms. The molecule has 7 nitrogen and oxygen atoms in total. The third kappa shape index (κ3) is 2.75. The first-order chi connectivity index (χ1) is 11.7. The van der Waals surface area contributed by atoms with E-state index in [0.717, 1.165) is 23.7 Å². The molecule has 1 N–H and O–H groups in total. The van der Waals surface area contributed by atoms with Gasteiger partial charge in [0, 0.05) is 25.0 Å². The zero-order chi connectivity index (χ0) is 16.6. The van der Waals surface area contributed by atoms with Crippen LogP contribution in [0.5, 0.6) is 0 Å². The monoisotopic (exact) mass is 328 g/mol. The minimum atomic E-state index is -0.302. The molecule has 0 atom stereocenters. The van der Waals surface area contributed by atoms with Crippen LogP contribution in [0.25, 0.3) is 10.9 Å². The molecule has 0 bridgehead atoms. The van der Waals surface area contributed by atoms with Gasteiger partial charge in [0.05, 0.1) is 17.3 Å². The number of likely N-dealkylation sites (tertiary alicyclic amines) is 1. The van der Waals surface area contributed by atoms with E-state index >= 15 is 0 Å². The van der Waals surface area contributed by atoms with E-state index < -0.39 is 0 Å². The van der Waals surface area contributed by atoms with Gasteiger partial charge in [0.2, 0.25) is 11.8 Å². The molecular weight excluding hydrogens is 308 g/mol. The second kappa shape index (κ2) is 5.90. The van der Waals surface area contributed by atoms with E-state index in [4.69, 9.17) is 4.74 Å². The first-order valence-electron chi connectivity index (χ1n) is 8.24. The topological polar surface area (TPSA) is 76.5 Å². The fraction of sp³-hybridized carbons (Fsp3) is 0.471. The van der Waals surface area contributed by atoms with Crippen molar-refractivity contribution >= 4 is 22.7 Å². The maximum Gasteiger partial charge on any atom is 0.246 e. The largest absolute Gasteiger partial charge is 0.363 e. The van der Waals surface area contributed by atoms with E-state index in [1.54, 1.807) is 10.9 Å². The van der Waals surface area contributed by atoms with Crippen LogP contribution in [0.1, 0.15) is 12.8 Å². The molecule has 3 heterocycles. The first kappa shape index (κ1) is 15.1. The smallest absolute Gasteiger partial charge is 0.246 e. The molecule has 2 aliphatic heterocycles. The van der Waals surface area contributed by atoms with Crippen LogP contribution in [0.15, 0.2) is 30.5 Å². The maximum absolute atomic E-state index is 12.6. The third-order valence-electron chi connectivity index (χ3n) is 4.98. The number of amides is 2. The Bertz CT molecular complexity index is 765. The number of fused-ring (bicyclic) bond motifs is 1. The molecule has 0 radical (unpaired) electrons. The zero-order valence-corrected chi connectivity index (χ0v) is 13.4. The molecule has 2 aliphatic rings. The minimum Gasteiger partial charge on any atom is -0.363 e. The lowest BCUT2D eigenvalue weighted by Crippen LogP contribution is -2.58. The number of hydrogen-bond donors (Lipinski definition) is 1. The van der Waals surface area contributed by atoms with Gasteiger partial charge in [-0.1, -0.05) is 18.2 Å². The Labute approximate surface area is 139 Å². The molecule has 7 heteroatoms. The van der Waals surface area contributed by atoms with Crippen molar-refractivity contribution in [2.75, 3.05) is 26.2 Å². The summed E-state index contributed by atoms with van der Waals surface area (Å²) in [5.41, 5.74) is 0.668. The lowest BCUT2D eigenvalue weighted by molar-refractivity contribution is -0.154. The molecule has 24 heavy (non-hydrogen) atoms. The van der Waals surface area contributed by atoms with Crippen LogP contribution in [0.2, 0.25) is 0 Å². The second-order valence-electron chi connectivity index (χ2n) is 6.49. The standard InChI is InChI=1S/C17H20N4O3/c22-15-11-24-17(12-18-15)5-7-20(8-6-17)16(23)10-21-14-4-2-1-3-13(14)9-19-21/h1-4,9H,5-8,10-12H2,(H,18,22). The Balaban J connectivity index is 1.39.